The molecule has 0 spiro atoms. The van der Waals surface area contributed by atoms with E-state index in [-0.39, 0.29) is 69.4 Å². The van der Waals surface area contributed by atoms with Crippen LogP contribution in [0.3, 0.4) is 0 Å². The number of fused-ring (bicyclic) bond motifs is 2. The lowest BCUT2D eigenvalue weighted by Crippen LogP contribution is -2.31. The van der Waals surface area contributed by atoms with Gasteiger partial charge in [-0.1, -0.05) is 6.07 Å². The molecule has 4 aromatic rings. The first-order valence-corrected chi connectivity index (χ1v) is 12.8. The Labute approximate surface area is 237 Å². The molecule has 12 heteroatoms. The minimum absolute atomic E-state index is 0.0231. The number of phenolic OH excluding ortho intramolecular Hbond substituents is 8. The van der Waals surface area contributed by atoms with Crippen LogP contribution in [0.25, 0.3) is 11.1 Å². The van der Waals surface area contributed by atoms with Gasteiger partial charge in [0.05, 0.1) is 17.8 Å². The molecule has 6 rings (SSSR count). The quantitative estimate of drug-likeness (QED) is 0.159. The van der Waals surface area contributed by atoms with Crippen molar-refractivity contribution in [2.24, 2.45) is 0 Å². The summed E-state index contributed by atoms with van der Waals surface area (Å²) in [5.74, 6) is -3.49. The number of aliphatic hydroxyl groups is 2. The van der Waals surface area contributed by atoms with E-state index in [0.717, 1.165) is 18.2 Å². The van der Waals surface area contributed by atoms with Crippen LogP contribution >= 0.6 is 0 Å². The van der Waals surface area contributed by atoms with Crippen molar-refractivity contribution < 1.29 is 60.5 Å². The molecule has 4 atom stereocenters. The number of hydrogen-bond donors (Lipinski definition) is 10. The zero-order valence-corrected chi connectivity index (χ0v) is 21.6. The maximum Gasteiger partial charge on any atom is 0.158 e. The lowest BCUT2D eigenvalue weighted by Gasteiger charge is -2.34. The predicted molar refractivity (Wildman–Crippen MR) is 144 cm³/mol. The summed E-state index contributed by atoms with van der Waals surface area (Å²) in [6.45, 7) is 0. The van der Waals surface area contributed by atoms with Crippen LogP contribution in [0.5, 0.6) is 57.5 Å². The third-order valence-electron chi connectivity index (χ3n) is 7.60. The van der Waals surface area contributed by atoms with E-state index in [0.29, 0.717) is 5.56 Å². The molecule has 12 nitrogen and oxygen atoms in total. The zero-order valence-electron chi connectivity index (χ0n) is 21.6. The summed E-state index contributed by atoms with van der Waals surface area (Å²) in [6.07, 6.45) is -5.05. The fraction of sp³-hybridized carbons (Fsp3) is 0.200. The maximum atomic E-state index is 11.4. The van der Waals surface area contributed by atoms with Crippen LogP contribution in [0.4, 0.5) is 0 Å². The van der Waals surface area contributed by atoms with Crippen LogP contribution < -0.4 is 9.47 Å². The second kappa shape index (κ2) is 9.72. The summed E-state index contributed by atoms with van der Waals surface area (Å²) < 4.78 is 11.8. The SMILES string of the molecule is Oc1cc(O)c2c(c1)OC(c1cc(O)c(O)cc1-c1c(O)cc3c(c1O)C[C@H](O)C(c1ccc(O)c(O)c1)O3)[C@@H](O)C2. The van der Waals surface area contributed by atoms with Crippen LogP contribution in [0, 0.1) is 0 Å². The van der Waals surface area contributed by atoms with Crippen molar-refractivity contribution in [1.29, 1.82) is 0 Å². The number of hydrogen-bond acceptors (Lipinski definition) is 12. The molecule has 42 heavy (non-hydrogen) atoms. The Morgan fingerprint density at radius 3 is 1.90 bits per heavy atom. The Morgan fingerprint density at radius 1 is 0.548 bits per heavy atom. The molecule has 0 aromatic heterocycles. The van der Waals surface area contributed by atoms with Crippen LogP contribution in [0.2, 0.25) is 0 Å². The van der Waals surface area contributed by atoms with Gasteiger partial charge in [-0.15, -0.1) is 0 Å². The highest BCUT2D eigenvalue weighted by atomic mass is 16.5. The van der Waals surface area contributed by atoms with E-state index < -0.39 is 53.2 Å². The van der Waals surface area contributed by atoms with E-state index in [1.54, 1.807) is 0 Å². The van der Waals surface area contributed by atoms with Gasteiger partial charge in [-0.3, -0.25) is 0 Å². The lowest BCUT2D eigenvalue weighted by atomic mass is 9.86. The first kappa shape index (κ1) is 27.0. The van der Waals surface area contributed by atoms with Crippen LogP contribution in [0.1, 0.15) is 34.5 Å². The molecule has 0 bridgehead atoms. The fourth-order valence-corrected chi connectivity index (χ4v) is 5.55. The van der Waals surface area contributed by atoms with Crippen molar-refractivity contribution in [3.63, 3.8) is 0 Å². The van der Waals surface area contributed by atoms with Gasteiger partial charge in [0.1, 0.15) is 40.6 Å². The van der Waals surface area contributed by atoms with Crippen molar-refractivity contribution in [2.75, 3.05) is 0 Å². The van der Waals surface area contributed by atoms with Gasteiger partial charge in [-0.25, -0.2) is 0 Å². The van der Waals surface area contributed by atoms with Gasteiger partial charge in [0.2, 0.25) is 0 Å². The van der Waals surface area contributed by atoms with Crippen molar-refractivity contribution in [3.8, 4) is 68.6 Å². The molecule has 4 aromatic carbocycles. The standard InChI is InChI=1S/C30H26O12/c31-12-4-18(33)15-8-24(39)30(42-25(15)5-12)14-7-21(36)20(35)6-13(14)27-22(37)10-26-16(28(27)40)9-23(38)29(41-26)11-1-2-17(32)19(34)3-11/h1-7,10,23-24,29-40H,8-9H2/t23-,24-,29?,30?/m0/s1. The molecule has 2 heterocycles. The topological polar surface area (TPSA) is 221 Å². The number of rotatable bonds is 3. The number of phenols is 8. The number of aliphatic hydroxyl groups excluding tert-OH is 2. The molecular weight excluding hydrogens is 552 g/mol. The molecular formula is C30H26O12. The first-order chi connectivity index (χ1) is 19.9. The Hall–Kier alpha value is -5.20. The molecule has 0 saturated carbocycles. The molecule has 0 amide bonds. The molecule has 0 saturated heterocycles. The molecule has 2 aliphatic rings. The highest BCUT2D eigenvalue weighted by molar-refractivity contribution is 5.84. The van der Waals surface area contributed by atoms with Gasteiger partial charge >= 0.3 is 0 Å². The first-order valence-electron chi connectivity index (χ1n) is 12.8. The molecule has 0 radical (unpaired) electrons. The minimum Gasteiger partial charge on any atom is -0.508 e. The normalized spacial score (nSPS) is 21.1. The average Bonchev–Trinajstić information content (AvgIpc) is 2.92. The van der Waals surface area contributed by atoms with E-state index in [1.807, 2.05) is 0 Å². The third-order valence-corrected chi connectivity index (χ3v) is 7.60. The second-order valence-electron chi connectivity index (χ2n) is 10.3. The molecule has 0 aliphatic carbocycles. The van der Waals surface area contributed by atoms with E-state index >= 15 is 0 Å². The van der Waals surface area contributed by atoms with Gasteiger partial charge in [0.15, 0.2) is 29.1 Å². The van der Waals surface area contributed by atoms with Crippen molar-refractivity contribution in [2.45, 2.75) is 37.3 Å². The van der Waals surface area contributed by atoms with Crippen LogP contribution in [-0.4, -0.2) is 63.3 Å². The van der Waals surface area contributed by atoms with E-state index in [4.69, 9.17) is 9.47 Å². The monoisotopic (exact) mass is 578 g/mol. The highest BCUT2D eigenvalue weighted by Gasteiger charge is 2.38. The zero-order chi connectivity index (χ0) is 30.0. The Morgan fingerprint density at radius 2 is 1.17 bits per heavy atom. The predicted octanol–water partition coefficient (Wildman–Crippen LogP) is 3.07. The van der Waals surface area contributed by atoms with E-state index in [9.17, 15) is 51.1 Å². The van der Waals surface area contributed by atoms with E-state index in [2.05, 4.69) is 0 Å². The maximum absolute atomic E-state index is 11.4. The summed E-state index contributed by atoms with van der Waals surface area (Å²) in [6, 6.07) is 9.60. The Kier molecular flexibility index (Phi) is 6.24. The van der Waals surface area contributed by atoms with Crippen molar-refractivity contribution in [1.82, 2.24) is 0 Å². The number of aromatic hydroxyl groups is 8. The molecule has 2 unspecified atom stereocenters. The van der Waals surface area contributed by atoms with Gasteiger partial charge < -0.3 is 60.5 Å². The largest absolute Gasteiger partial charge is 0.508 e. The summed E-state index contributed by atoms with van der Waals surface area (Å²) in [5, 5.41) is 105. The van der Waals surface area contributed by atoms with Gasteiger partial charge in [0.25, 0.3) is 0 Å². The van der Waals surface area contributed by atoms with Gasteiger partial charge in [-0.05, 0) is 29.8 Å². The summed E-state index contributed by atoms with van der Waals surface area (Å²) in [4.78, 5) is 0. The molecule has 10 N–H and O–H groups in total. The molecule has 218 valence electrons. The fourth-order valence-electron chi connectivity index (χ4n) is 5.55. The summed E-state index contributed by atoms with van der Waals surface area (Å²) in [5.41, 5.74) is 0.488. The molecule has 0 fully saturated rings. The summed E-state index contributed by atoms with van der Waals surface area (Å²) in [7, 11) is 0. The number of ether oxygens (including phenoxy) is 2. The van der Waals surface area contributed by atoms with Crippen molar-refractivity contribution in [3.05, 3.63) is 70.8 Å². The van der Waals surface area contributed by atoms with Crippen molar-refractivity contribution >= 4 is 0 Å². The third kappa shape index (κ3) is 4.33. The molecule has 2 aliphatic heterocycles. The lowest BCUT2D eigenvalue weighted by molar-refractivity contribution is 0.0195. The smallest absolute Gasteiger partial charge is 0.158 e. The highest BCUT2D eigenvalue weighted by Crippen LogP contribution is 2.53. The van der Waals surface area contributed by atoms with Gasteiger partial charge in [-0.2, -0.15) is 0 Å². The second-order valence-corrected chi connectivity index (χ2v) is 10.3. The van der Waals surface area contributed by atoms with E-state index in [1.165, 1.54) is 30.3 Å². The van der Waals surface area contributed by atoms with Crippen LogP contribution in [-0.2, 0) is 12.8 Å². The Bertz CT molecular complexity index is 1730. The van der Waals surface area contributed by atoms with Crippen LogP contribution in [0.15, 0.2) is 48.5 Å². The van der Waals surface area contributed by atoms with Gasteiger partial charge in [0, 0.05) is 53.3 Å². The number of benzene rings is 4. The Balaban J connectivity index is 1.45. The summed E-state index contributed by atoms with van der Waals surface area (Å²) >= 11 is 0. The minimum atomic E-state index is -1.30. The average molecular weight is 579 g/mol.